The van der Waals surface area contributed by atoms with E-state index in [1.807, 2.05) is 6.92 Å². The number of amides is 2. The van der Waals surface area contributed by atoms with E-state index in [9.17, 15) is 9.59 Å². The van der Waals surface area contributed by atoms with Crippen molar-refractivity contribution >= 4 is 81.2 Å². The van der Waals surface area contributed by atoms with Gasteiger partial charge in [0.1, 0.15) is 4.33 Å². The van der Waals surface area contributed by atoms with Gasteiger partial charge in [0.05, 0.1) is 28.4 Å². The molecule has 0 radical (unpaired) electrons. The van der Waals surface area contributed by atoms with Crippen molar-refractivity contribution in [1.82, 2.24) is 4.98 Å². The summed E-state index contributed by atoms with van der Waals surface area (Å²) in [5.41, 5.74) is 2.57. The number of alkyl halides is 2. The van der Waals surface area contributed by atoms with Crippen molar-refractivity contribution in [2.45, 2.75) is 17.2 Å². The van der Waals surface area contributed by atoms with Gasteiger partial charge in [-0.3, -0.25) is 14.6 Å². The third-order valence-corrected chi connectivity index (χ3v) is 6.93. The Balaban J connectivity index is 1.50. The molecule has 1 fully saturated rings. The van der Waals surface area contributed by atoms with Crippen molar-refractivity contribution in [3.63, 3.8) is 0 Å². The highest BCUT2D eigenvalue weighted by molar-refractivity contribution is 6.53. The second-order valence-corrected chi connectivity index (χ2v) is 10.4. The molecule has 0 spiro atoms. The van der Waals surface area contributed by atoms with Gasteiger partial charge in [-0.05, 0) is 61.0 Å². The van der Waals surface area contributed by atoms with Crippen LogP contribution < -0.4 is 10.6 Å². The SMILES string of the molecule is Cc1ccc(NC(=O)c2cc(NC(=O)C3C(c4cc(Cl)cc(Cl)c4)C3(Cl)Cl)ccc2Cl)cn1. The number of carbonyl (C=O) groups is 2. The third-order valence-electron chi connectivity index (χ3n) is 5.23. The Bertz CT molecular complexity index is 1230. The van der Waals surface area contributed by atoms with E-state index in [1.165, 1.54) is 12.1 Å². The minimum Gasteiger partial charge on any atom is -0.326 e. The first kappa shape index (κ1) is 24.1. The lowest BCUT2D eigenvalue weighted by molar-refractivity contribution is -0.117. The van der Waals surface area contributed by atoms with E-state index in [1.54, 1.807) is 42.6 Å². The van der Waals surface area contributed by atoms with E-state index in [-0.39, 0.29) is 10.6 Å². The number of anilines is 2. The molecule has 3 aromatic rings. The summed E-state index contributed by atoms with van der Waals surface area (Å²) in [5.74, 6) is -2.07. The number of hydrogen-bond donors (Lipinski definition) is 2. The van der Waals surface area contributed by atoms with Crippen LogP contribution >= 0.6 is 58.0 Å². The van der Waals surface area contributed by atoms with E-state index in [0.717, 1.165) is 5.69 Å². The summed E-state index contributed by atoms with van der Waals surface area (Å²) in [6, 6.07) is 13.0. The van der Waals surface area contributed by atoms with E-state index in [0.29, 0.717) is 27.0 Å². The highest BCUT2D eigenvalue weighted by atomic mass is 35.5. The van der Waals surface area contributed by atoms with E-state index >= 15 is 0 Å². The number of nitrogens with one attached hydrogen (secondary N) is 2. The van der Waals surface area contributed by atoms with Crippen molar-refractivity contribution in [2.24, 2.45) is 5.92 Å². The minimum absolute atomic E-state index is 0.187. The molecule has 0 aliphatic heterocycles. The predicted octanol–water partition coefficient (Wildman–Crippen LogP) is 7.13. The summed E-state index contributed by atoms with van der Waals surface area (Å²) in [4.78, 5) is 29.8. The van der Waals surface area contributed by atoms with Crippen LogP contribution in [0.15, 0.2) is 54.7 Å². The zero-order valence-electron chi connectivity index (χ0n) is 17.0. The van der Waals surface area contributed by atoms with E-state index < -0.39 is 28.0 Å². The molecule has 170 valence electrons. The van der Waals surface area contributed by atoms with Gasteiger partial charge in [-0.1, -0.05) is 34.8 Å². The van der Waals surface area contributed by atoms with Crippen molar-refractivity contribution in [2.75, 3.05) is 10.6 Å². The fourth-order valence-corrected chi connectivity index (χ4v) is 5.13. The van der Waals surface area contributed by atoms with Gasteiger partial charge in [0.15, 0.2) is 0 Å². The lowest BCUT2D eigenvalue weighted by Gasteiger charge is -2.10. The molecule has 1 aliphatic carbocycles. The van der Waals surface area contributed by atoms with Crippen LogP contribution in [0.5, 0.6) is 0 Å². The number of aryl methyl sites for hydroxylation is 1. The zero-order chi connectivity index (χ0) is 23.9. The van der Waals surface area contributed by atoms with Gasteiger partial charge in [0.25, 0.3) is 5.91 Å². The molecule has 1 saturated carbocycles. The van der Waals surface area contributed by atoms with Crippen LogP contribution in [0.1, 0.15) is 27.5 Å². The van der Waals surface area contributed by atoms with Crippen LogP contribution in [0.3, 0.4) is 0 Å². The van der Waals surface area contributed by atoms with Crippen molar-refractivity contribution in [3.05, 3.63) is 86.6 Å². The third kappa shape index (κ3) is 5.23. The number of pyridine rings is 1. The highest BCUT2D eigenvalue weighted by Crippen LogP contribution is 2.65. The number of nitrogens with zero attached hydrogens (tertiary/aromatic N) is 1. The summed E-state index contributed by atoms with van der Waals surface area (Å²) < 4.78 is -1.32. The number of carbonyl (C=O) groups excluding carboxylic acids is 2. The molecular formula is C23H16Cl5N3O2. The van der Waals surface area contributed by atoms with Crippen LogP contribution in [0.25, 0.3) is 0 Å². The predicted molar refractivity (Wildman–Crippen MR) is 134 cm³/mol. The molecule has 0 saturated heterocycles. The van der Waals surface area contributed by atoms with Gasteiger partial charge < -0.3 is 10.6 Å². The zero-order valence-corrected chi connectivity index (χ0v) is 20.8. The maximum Gasteiger partial charge on any atom is 0.257 e. The Morgan fingerprint density at radius 2 is 1.58 bits per heavy atom. The normalized spacial score (nSPS) is 18.5. The summed E-state index contributed by atoms with van der Waals surface area (Å²) >= 11 is 31.2. The minimum atomic E-state index is -1.32. The first-order chi connectivity index (χ1) is 15.6. The second kappa shape index (κ2) is 9.32. The molecule has 10 heteroatoms. The molecule has 0 bridgehead atoms. The fourth-order valence-electron chi connectivity index (χ4n) is 3.56. The molecule has 33 heavy (non-hydrogen) atoms. The van der Waals surface area contributed by atoms with Crippen LogP contribution in [-0.4, -0.2) is 21.1 Å². The Morgan fingerprint density at radius 1 is 0.909 bits per heavy atom. The largest absolute Gasteiger partial charge is 0.326 e. The van der Waals surface area contributed by atoms with Gasteiger partial charge in [0, 0.05) is 27.3 Å². The Hall–Kier alpha value is -2.02. The molecular weight excluding hydrogens is 528 g/mol. The van der Waals surface area contributed by atoms with Gasteiger partial charge in [0.2, 0.25) is 5.91 Å². The number of benzene rings is 2. The second-order valence-electron chi connectivity index (χ2n) is 7.66. The van der Waals surface area contributed by atoms with Crippen LogP contribution in [-0.2, 0) is 4.79 Å². The summed E-state index contributed by atoms with van der Waals surface area (Å²) in [6.45, 7) is 1.84. The molecule has 2 unspecified atom stereocenters. The van der Waals surface area contributed by atoms with Crippen LogP contribution in [0, 0.1) is 12.8 Å². The average molecular weight is 544 g/mol. The molecule has 2 amide bonds. The molecule has 1 aromatic heterocycles. The number of halogens is 5. The van der Waals surface area contributed by atoms with Gasteiger partial charge in [-0.15, -0.1) is 23.2 Å². The quantitative estimate of drug-likeness (QED) is 0.336. The maximum absolute atomic E-state index is 12.9. The molecule has 2 N–H and O–H groups in total. The maximum atomic E-state index is 12.9. The average Bonchev–Trinajstić information content (AvgIpc) is 3.32. The molecule has 1 heterocycles. The Labute approximate surface area is 215 Å². The molecule has 1 aliphatic rings. The van der Waals surface area contributed by atoms with E-state index in [2.05, 4.69) is 15.6 Å². The molecule has 2 atom stereocenters. The standard InChI is InChI=1S/C23H16Cl5N3O2/c1-11-2-3-16(10-29-11)31-21(32)17-9-15(4-5-18(17)26)30-22(33)20-19(23(20,27)28)12-6-13(24)8-14(25)7-12/h2-10,19-20H,1H3,(H,30,33)(H,31,32). The van der Waals surface area contributed by atoms with Gasteiger partial charge in [-0.2, -0.15) is 0 Å². The molecule has 5 nitrogen and oxygen atoms in total. The summed E-state index contributed by atoms with van der Waals surface area (Å²) in [5, 5.41) is 6.56. The van der Waals surface area contributed by atoms with Crippen LogP contribution in [0.4, 0.5) is 11.4 Å². The van der Waals surface area contributed by atoms with Crippen LogP contribution in [0.2, 0.25) is 15.1 Å². The summed E-state index contributed by atoms with van der Waals surface area (Å²) in [6.07, 6.45) is 1.54. The highest BCUT2D eigenvalue weighted by Gasteiger charge is 2.67. The molecule has 4 rings (SSSR count). The van der Waals surface area contributed by atoms with Gasteiger partial charge >= 0.3 is 0 Å². The number of rotatable bonds is 5. The smallest absolute Gasteiger partial charge is 0.257 e. The fraction of sp³-hybridized carbons (Fsp3) is 0.174. The lowest BCUT2D eigenvalue weighted by Crippen LogP contribution is -2.18. The number of hydrogen-bond acceptors (Lipinski definition) is 3. The first-order valence-corrected chi connectivity index (χ1v) is 11.6. The first-order valence-electron chi connectivity index (χ1n) is 9.74. The van der Waals surface area contributed by atoms with Crippen molar-refractivity contribution < 1.29 is 9.59 Å². The van der Waals surface area contributed by atoms with Crippen molar-refractivity contribution in [1.29, 1.82) is 0 Å². The number of aromatic nitrogens is 1. The molecule has 2 aromatic carbocycles. The van der Waals surface area contributed by atoms with E-state index in [4.69, 9.17) is 58.0 Å². The monoisotopic (exact) mass is 541 g/mol. The Kier molecular flexibility index (Phi) is 6.81. The van der Waals surface area contributed by atoms with Gasteiger partial charge in [-0.25, -0.2) is 0 Å². The Morgan fingerprint density at radius 3 is 2.21 bits per heavy atom. The topological polar surface area (TPSA) is 71.1 Å². The van der Waals surface area contributed by atoms with Crippen molar-refractivity contribution in [3.8, 4) is 0 Å². The summed E-state index contributed by atoms with van der Waals surface area (Å²) in [7, 11) is 0. The lowest BCUT2D eigenvalue weighted by atomic mass is 10.1.